The highest BCUT2D eigenvalue weighted by molar-refractivity contribution is 6.32. The number of aliphatic hydroxyl groups excluding tert-OH is 2. The molecule has 27 nitrogen and oxygen atoms in total. The summed E-state index contributed by atoms with van der Waals surface area (Å²) in [5, 5.41) is 103. The summed E-state index contributed by atoms with van der Waals surface area (Å²) in [5.74, 6) is -7.99. The molecule has 4 saturated heterocycles. The van der Waals surface area contributed by atoms with Gasteiger partial charge in [-0.1, -0.05) is 206 Å². The van der Waals surface area contributed by atoms with Crippen LogP contribution in [0.25, 0.3) is 0 Å². The third-order valence-electron chi connectivity index (χ3n) is 27.3. The zero-order chi connectivity index (χ0) is 89.4. The molecule has 0 spiro atoms. The third-order valence-corrected chi connectivity index (χ3v) is 27.3. The first kappa shape index (κ1) is 86.5. The van der Waals surface area contributed by atoms with Gasteiger partial charge in [0.25, 0.3) is 0 Å². The second kappa shape index (κ2) is 34.8. The number of ketones is 6. The average Bonchev–Trinajstić information content (AvgIpc) is 0.712. The van der Waals surface area contributed by atoms with Gasteiger partial charge in [0, 0.05) is 124 Å². The van der Waals surface area contributed by atoms with Gasteiger partial charge >= 0.3 is 6.03 Å². The number of hydrogen-bond acceptors (Lipinski definition) is 25. The van der Waals surface area contributed by atoms with Crippen LogP contribution in [0.15, 0.2) is 218 Å². The molecule has 10 aromatic rings. The molecule has 4 aliphatic carbocycles. The molecule has 660 valence electrons. The predicted octanol–water partition coefficient (Wildman–Crippen LogP) is 10.3. The molecular weight excluding hydrogens is 1630 g/mol. The van der Waals surface area contributed by atoms with Crippen LogP contribution < -0.4 is 20.1 Å². The van der Waals surface area contributed by atoms with Crippen LogP contribution in [0.4, 0.5) is 4.79 Å². The molecule has 4 fully saturated rings. The first-order valence-electron chi connectivity index (χ1n) is 43.4. The summed E-state index contributed by atoms with van der Waals surface area (Å²) in [7, 11) is 0. The van der Waals surface area contributed by atoms with E-state index >= 15 is 9.59 Å². The summed E-state index contributed by atoms with van der Waals surface area (Å²) in [4.78, 5) is 111. The number of phenolic OH excluding ortho intramolecular Hbond substituents is 4. The summed E-state index contributed by atoms with van der Waals surface area (Å²) in [6, 6.07) is 67.7. The largest absolute Gasteiger partial charge is 0.507 e. The number of ether oxygens (including phenoxy) is 6. The Morgan fingerprint density at radius 1 is 0.406 bits per heavy atom. The number of nitrogens with one attached hydrogen (secondary N) is 2. The van der Waals surface area contributed by atoms with Gasteiger partial charge in [-0.15, -0.1) is 0 Å². The van der Waals surface area contributed by atoms with Crippen LogP contribution in [-0.4, -0.2) is 227 Å². The second-order valence-electron chi connectivity index (χ2n) is 34.7. The van der Waals surface area contributed by atoms with Crippen LogP contribution in [0, 0.1) is 0 Å². The molecule has 12 atom stereocenters. The Kier molecular flexibility index (Phi) is 23.5. The van der Waals surface area contributed by atoms with Crippen molar-refractivity contribution in [3.63, 3.8) is 0 Å². The third kappa shape index (κ3) is 15.1. The summed E-state index contributed by atoms with van der Waals surface area (Å²) in [6.45, 7) is 9.76. The van der Waals surface area contributed by atoms with Gasteiger partial charge in [-0.05, 0) is 73.2 Å². The number of benzene rings is 10. The maximum absolute atomic E-state index is 15.3. The Bertz CT molecular complexity index is 5410. The van der Waals surface area contributed by atoms with E-state index in [9.17, 15) is 64.8 Å². The van der Waals surface area contributed by atoms with Gasteiger partial charge in [0.1, 0.15) is 71.4 Å². The number of aromatic hydroxyl groups is 4. The standard InChI is InChI=1S/C101H100N6O21/c1-57-87(110)71(49-77(125-57)127-75-53-98(121,59(3)108)51-69-81(75)95(118)85-83(91(69)114)89(112)67-37-23-39-73(79(67)93(85)116)123-55-104-41-45-106(46-42-104)100(61-25-11-5-12-26-61,62-27-13-6-14-28-62)63-29-15-7-16-30-63)102-97(120)103-72-50-78(126-58(2)88(72)111)128-76-54-99(122,60(4)109)52-70-82(76)96(119)86-84(92(70)115)90(113)68-38-24-40-74(80(68)94(86)117)124-56-105-43-47-107(48-44-105)101(64-31-17-8-18-32-64,65-33-19-9-20-34-65)66-35-21-10-22-36-66/h5-40,57-58,71-72,75-78,87-88,110-111,114-115,118-119,121-122H,41-56H2,1-4H3,(H2,102,103,120)/t57?,58?,71?,72?,75-,76-,77?,78?,87?,88?,98-,99-/m0/s1. The predicted molar refractivity (Wildman–Crippen MR) is 467 cm³/mol. The molecule has 4 aliphatic heterocycles. The minimum absolute atomic E-state index is 0.000488. The number of fused-ring (bicyclic) bond motifs is 6. The zero-order valence-electron chi connectivity index (χ0n) is 71.0. The first-order valence-corrected chi connectivity index (χ1v) is 43.4. The number of carbonyl (C=O) groups is 7. The van der Waals surface area contributed by atoms with E-state index in [1.54, 1.807) is 24.3 Å². The minimum Gasteiger partial charge on any atom is -0.507 e. The fraction of sp³-hybridized carbons (Fsp3) is 0.337. The highest BCUT2D eigenvalue weighted by Crippen LogP contribution is 2.56. The maximum atomic E-state index is 15.3. The Hall–Kier alpha value is -12.2. The molecule has 8 unspecified atom stereocenters. The molecule has 27 heteroatoms. The molecule has 8 aliphatic rings. The van der Waals surface area contributed by atoms with Gasteiger partial charge in [-0.2, -0.15) is 0 Å². The lowest BCUT2D eigenvalue weighted by molar-refractivity contribution is -0.249. The lowest BCUT2D eigenvalue weighted by Crippen LogP contribution is -2.61. The van der Waals surface area contributed by atoms with E-state index in [0.29, 0.717) is 52.4 Å². The molecular formula is C101H100N6O21. The Morgan fingerprint density at radius 3 is 1.00 bits per heavy atom. The molecule has 0 aromatic heterocycles. The van der Waals surface area contributed by atoms with Crippen molar-refractivity contribution >= 4 is 40.7 Å². The van der Waals surface area contributed by atoms with E-state index in [1.807, 2.05) is 109 Å². The Labute approximate surface area is 738 Å². The second-order valence-corrected chi connectivity index (χ2v) is 34.7. The van der Waals surface area contributed by atoms with Crippen LogP contribution in [0.2, 0.25) is 0 Å². The summed E-state index contributed by atoms with van der Waals surface area (Å²) >= 11 is 0. The Morgan fingerprint density at radius 2 is 0.703 bits per heavy atom. The van der Waals surface area contributed by atoms with Gasteiger partial charge in [0.2, 0.25) is 11.6 Å². The number of aliphatic hydroxyl groups is 4. The molecule has 10 N–H and O–H groups in total. The minimum atomic E-state index is -2.29. The van der Waals surface area contributed by atoms with Crippen molar-refractivity contribution in [3.8, 4) is 34.5 Å². The van der Waals surface area contributed by atoms with Gasteiger partial charge in [0.15, 0.2) is 35.7 Å². The molecule has 0 saturated carbocycles. The number of urea groups is 1. The molecule has 0 radical (unpaired) electrons. The highest BCUT2D eigenvalue weighted by Gasteiger charge is 2.54. The van der Waals surface area contributed by atoms with Crippen LogP contribution in [-0.2, 0) is 52.5 Å². The van der Waals surface area contributed by atoms with E-state index in [1.165, 1.54) is 26.0 Å². The maximum Gasteiger partial charge on any atom is 0.315 e. The highest BCUT2D eigenvalue weighted by atomic mass is 16.7. The van der Waals surface area contributed by atoms with E-state index in [-0.39, 0.29) is 82.3 Å². The van der Waals surface area contributed by atoms with Crippen molar-refractivity contribution in [1.29, 1.82) is 0 Å². The van der Waals surface area contributed by atoms with E-state index < -0.39 is 195 Å². The fourth-order valence-corrected chi connectivity index (χ4v) is 20.7. The number of hydrogen-bond donors (Lipinski definition) is 10. The van der Waals surface area contributed by atoms with E-state index in [2.05, 4.69) is 103 Å². The zero-order valence-corrected chi connectivity index (χ0v) is 71.0. The molecule has 4 heterocycles. The Balaban J connectivity index is 0.553. The van der Waals surface area contributed by atoms with Crippen molar-refractivity contribution in [2.45, 2.75) is 150 Å². The number of nitrogens with zero attached hydrogens (tertiary/aromatic N) is 4. The first-order chi connectivity index (χ1) is 61.7. The van der Waals surface area contributed by atoms with Gasteiger partial charge in [0.05, 0.1) is 81.0 Å². The SMILES string of the molecule is CC(=O)[C@]1(O)Cc2c(O)c3c(c(O)c2[C@@H](OC2CC(NC(=O)NC4CC(O[C@H]5C[C@](O)(C(C)=O)Cc6c(O)c7c(c(O)c65)C(=O)c5c(OCN6CCN(C(c8ccccc8)(c8ccccc8)c8ccccc8)CC6)cccc5C7=O)OC(C)C4O)C(O)C(C)O2)C1)C(=O)c1c(OCN2CCN(C(c4ccccc4)(c4ccccc4)c4ccccc4)CC2)cccc1C3=O. The van der Waals surface area contributed by atoms with Crippen LogP contribution in [0.5, 0.6) is 34.5 Å². The molecule has 128 heavy (non-hydrogen) atoms. The van der Waals surface area contributed by atoms with Crippen molar-refractivity contribution < 1.29 is 103 Å². The van der Waals surface area contributed by atoms with Crippen molar-refractivity contribution in [2.75, 3.05) is 65.8 Å². The number of phenols is 4. The lowest BCUT2D eigenvalue weighted by atomic mass is 9.72. The number of rotatable bonds is 22. The van der Waals surface area contributed by atoms with Crippen LogP contribution >= 0.6 is 0 Å². The van der Waals surface area contributed by atoms with Crippen LogP contribution in [0.1, 0.15) is 185 Å². The van der Waals surface area contributed by atoms with Gasteiger partial charge in [-0.3, -0.25) is 48.4 Å². The number of Topliss-reactive ketones (excluding diaryl/α,β-unsaturated/α-hetero) is 2. The normalized spacial score (nSPS) is 25.0. The fourth-order valence-electron chi connectivity index (χ4n) is 20.7. The van der Waals surface area contributed by atoms with E-state index in [4.69, 9.17) is 28.4 Å². The lowest BCUT2D eigenvalue weighted by Gasteiger charge is -2.49. The number of amides is 2. The van der Waals surface area contributed by atoms with Gasteiger partial charge in [-0.25, -0.2) is 4.79 Å². The molecule has 0 bridgehead atoms. The molecule has 10 aromatic carbocycles. The van der Waals surface area contributed by atoms with Crippen molar-refractivity contribution in [1.82, 2.24) is 30.2 Å². The van der Waals surface area contributed by atoms with E-state index in [0.717, 1.165) is 47.2 Å². The number of carbonyl (C=O) groups excluding carboxylic acids is 7. The summed E-state index contributed by atoms with van der Waals surface area (Å²) in [5.41, 5.74) is -3.16. The summed E-state index contributed by atoms with van der Waals surface area (Å²) < 4.78 is 38.6. The van der Waals surface area contributed by atoms with Crippen LogP contribution in [0.3, 0.4) is 0 Å². The number of piperazine rings is 2. The molecule has 18 rings (SSSR count). The smallest absolute Gasteiger partial charge is 0.315 e. The topological polar surface area (TPSA) is 374 Å². The van der Waals surface area contributed by atoms with Crippen molar-refractivity contribution in [3.05, 3.63) is 319 Å². The monoisotopic (exact) mass is 1730 g/mol. The summed E-state index contributed by atoms with van der Waals surface area (Å²) in [6.07, 6.45) is -14.3. The average molecular weight is 1730 g/mol. The van der Waals surface area contributed by atoms with Crippen molar-refractivity contribution in [2.24, 2.45) is 0 Å². The van der Waals surface area contributed by atoms with Gasteiger partial charge < -0.3 is 79.9 Å². The quantitative estimate of drug-likeness (QED) is 0.0223. The molecule has 2 amide bonds.